The van der Waals surface area contributed by atoms with Crippen LogP contribution >= 0.6 is 0 Å². The second-order valence-electron chi connectivity index (χ2n) is 5.81. The van der Waals surface area contributed by atoms with Crippen molar-refractivity contribution >= 4 is 0 Å². The van der Waals surface area contributed by atoms with Gasteiger partial charge in [-0.3, -0.25) is 0 Å². The van der Waals surface area contributed by atoms with Crippen molar-refractivity contribution in [3.05, 3.63) is 35.6 Å². The number of aliphatic hydroxyl groups is 1. The molecule has 0 aliphatic heterocycles. The Morgan fingerprint density at radius 2 is 1.95 bits per heavy atom. The van der Waals surface area contributed by atoms with Crippen LogP contribution in [0.3, 0.4) is 0 Å². The van der Waals surface area contributed by atoms with Crippen LogP contribution in [-0.4, -0.2) is 30.5 Å². The van der Waals surface area contributed by atoms with Crippen molar-refractivity contribution in [3.63, 3.8) is 0 Å². The third-order valence-electron chi connectivity index (χ3n) is 3.52. The van der Waals surface area contributed by atoms with Crippen LogP contribution < -0.4 is 5.32 Å². The highest BCUT2D eigenvalue weighted by Crippen LogP contribution is 2.40. The molecule has 0 spiro atoms. The van der Waals surface area contributed by atoms with Gasteiger partial charge in [0.25, 0.3) is 0 Å². The number of aliphatic hydroxyl groups excluding tert-OH is 1. The topological polar surface area (TPSA) is 41.5 Å². The highest BCUT2D eigenvalue weighted by atomic mass is 19.1. The van der Waals surface area contributed by atoms with Crippen LogP contribution in [-0.2, 0) is 4.74 Å². The van der Waals surface area contributed by atoms with E-state index in [0.717, 1.165) is 5.56 Å². The third kappa shape index (κ3) is 4.85. The quantitative estimate of drug-likeness (QED) is 0.769. The summed E-state index contributed by atoms with van der Waals surface area (Å²) in [6.45, 7) is 4.73. The van der Waals surface area contributed by atoms with Gasteiger partial charge >= 0.3 is 0 Å². The zero-order chi connectivity index (χ0) is 14.5. The minimum absolute atomic E-state index is 0.126. The van der Waals surface area contributed by atoms with Crippen LogP contribution in [0.1, 0.15) is 38.3 Å². The Balaban J connectivity index is 1.85. The van der Waals surface area contributed by atoms with E-state index in [0.29, 0.717) is 19.1 Å². The summed E-state index contributed by atoms with van der Waals surface area (Å²) in [5.74, 6) is 0.382. The molecule has 0 heterocycles. The van der Waals surface area contributed by atoms with Crippen LogP contribution in [0.2, 0.25) is 0 Å². The number of benzene rings is 1. The fourth-order valence-electron chi connectivity index (χ4n) is 2.28. The molecule has 1 aromatic rings. The van der Waals surface area contributed by atoms with Gasteiger partial charge in [-0.2, -0.15) is 0 Å². The molecule has 0 aromatic heterocycles. The molecule has 0 saturated heterocycles. The lowest BCUT2D eigenvalue weighted by Gasteiger charge is -2.21. The maximum absolute atomic E-state index is 13.0. The molecule has 3 nitrogen and oxygen atoms in total. The molecule has 2 unspecified atom stereocenters. The third-order valence-corrected chi connectivity index (χ3v) is 3.52. The molecule has 0 radical (unpaired) electrons. The predicted octanol–water partition coefficient (Wildman–Crippen LogP) is 2.65. The largest absolute Gasteiger partial charge is 0.389 e. The highest BCUT2D eigenvalue weighted by Gasteiger charge is 2.32. The molecule has 20 heavy (non-hydrogen) atoms. The second-order valence-corrected chi connectivity index (χ2v) is 5.81. The SMILES string of the molecule is CC(C)OCC(O)CNC(c1ccc(F)cc1)C1CC1. The number of ether oxygens (including phenoxy) is 1. The first-order valence-electron chi connectivity index (χ1n) is 7.34. The molecule has 2 rings (SSSR count). The van der Waals surface area contributed by atoms with E-state index in [1.165, 1.54) is 25.0 Å². The normalized spacial score (nSPS) is 18.2. The summed E-state index contributed by atoms with van der Waals surface area (Å²) in [7, 11) is 0. The summed E-state index contributed by atoms with van der Waals surface area (Å²) in [5, 5.41) is 13.3. The summed E-state index contributed by atoms with van der Waals surface area (Å²) in [4.78, 5) is 0. The lowest BCUT2D eigenvalue weighted by molar-refractivity contribution is 0.00517. The maximum atomic E-state index is 13.0. The van der Waals surface area contributed by atoms with Crippen LogP contribution in [0.15, 0.2) is 24.3 Å². The predicted molar refractivity (Wildman–Crippen MR) is 77.0 cm³/mol. The van der Waals surface area contributed by atoms with Gasteiger partial charge in [-0.1, -0.05) is 12.1 Å². The number of hydrogen-bond acceptors (Lipinski definition) is 3. The highest BCUT2D eigenvalue weighted by molar-refractivity contribution is 5.22. The fourth-order valence-corrected chi connectivity index (χ4v) is 2.28. The van der Waals surface area contributed by atoms with Crippen molar-refractivity contribution in [2.75, 3.05) is 13.2 Å². The van der Waals surface area contributed by atoms with Crippen LogP contribution in [0.4, 0.5) is 4.39 Å². The Bertz CT molecular complexity index is 403. The molecule has 2 N–H and O–H groups in total. The van der Waals surface area contributed by atoms with Crippen molar-refractivity contribution in [3.8, 4) is 0 Å². The lowest BCUT2D eigenvalue weighted by atomic mass is 10.0. The van der Waals surface area contributed by atoms with Gasteiger partial charge in [-0.05, 0) is 50.3 Å². The zero-order valence-corrected chi connectivity index (χ0v) is 12.2. The summed E-state index contributed by atoms with van der Waals surface area (Å²) in [6, 6.07) is 6.82. The average molecular weight is 281 g/mol. The molecule has 1 aliphatic rings. The Morgan fingerprint density at radius 3 is 2.50 bits per heavy atom. The van der Waals surface area contributed by atoms with Gasteiger partial charge in [0.1, 0.15) is 5.82 Å². The Morgan fingerprint density at radius 1 is 1.30 bits per heavy atom. The van der Waals surface area contributed by atoms with Crippen LogP contribution in [0.25, 0.3) is 0 Å². The number of halogens is 1. The Hall–Kier alpha value is -0.970. The van der Waals surface area contributed by atoms with Gasteiger partial charge < -0.3 is 15.2 Å². The standard InChI is InChI=1S/C16H24FNO2/c1-11(2)20-10-15(19)9-18-16(12-3-4-12)13-5-7-14(17)8-6-13/h5-8,11-12,15-16,18-19H,3-4,9-10H2,1-2H3. The van der Waals surface area contributed by atoms with Gasteiger partial charge in [0.15, 0.2) is 0 Å². The average Bonchev–Trinajstić information content (AvgIpc) is 3.23. The van der Waals surface area contributed by atoms with Crippen LogP contribution in [0, 0.1) is 11.7 Å². The smallest absolute Gasteiger partial charge is 0.123 e. The van der Waals surface area contributed by atoms with E-state index in [1.807, 2.05) is 26.0 Å². The van der Waals surface area contributed by atoms with Crippen LogP contribution in [0.5, 0.6) is 0 Å². The molecule has 1 saturated carbocycles. The molecule has 1 aromatic carbocycles. The Labute approximate surface area is 120 Å². The van der Waals surface area contributed by atoms with Gasteiger partial charge in [0.05, 0.1) is 18.8 Å². The molecular formula is C16H24FNO2. The maximum Gasteiger partial charge on any atom is 0.123 e. The number of nitrogens with one attached hydrogen (secondary N) is 1. The van der Waals surface area contributed by atoms with E-state index >= 15 is 0 Å². The molecule has 1 fully saturated rings. The van der Waals surface area contributed by atoms with Crippen molar-refractivity contribution in [2.45, 2.75) is 44.9 Å². The van der Waals surface area contributed by atoms with Gasteiger partial charge in [-0.25, -0.2) is 4.39 Å². The van der Waals surface area contributed by atoms with E-state index in [-0.39, 0.29) is 18.0 Å². The monoisotopic (exact) mass is 281 g/mol. The first-order valence-corrected chi connectivity index (χ1v) is 7.34. The molecule has 0 bridgehead atoms. The summed E-state index contributed by atoms with van der Waals surface area (Å²) in [5.41, 5.74) is 1.09. The molecule has 4 heteroatoms. The zero-order valence-electron chi connectivity index (χ0n) is 12.2. The first kappa shape index (κ1) is 15.4. The van der Waals surface area contributed by atoms with E-state index in [2.05, 4.69) is 5.32 Å². The van der Waals surface area contributed by atoms with Crippen molar-refractivity contribution in [1.29, 1.82) is 0 Å². The van der Waals surface area contributed by atoms with Crippen molar-refractivity contribution in [1.82, 2.24) is 5.32 Å². The molecule has 112 valence electrons. The summed E-state index contributed by atoms with van der Waals surface area (Å²) in [6.07, 6.45) is 1.99. The van der Waals surface area contributed by atoms with E-state index in [1.54, 1.807) is 0 Å². The van der Waals surface area contributed by atoms with E-state index < -0.39 is 6.10 Å². The minimum atomic E-state index is -0.515. The lowest BCUT2D eigenvalue weighted by Crippen LogP contribution is -2.34. The molecule has 0 amide bonds. The molecule has 1 aliphatic carbocycles. The number of rotatable bonds is 8. The van der Waals surface area contributed by atoms with Gasteiger partial charge in [0, 0.05) is 12.6 Å². The van der Waals surface area contributed by atoms with Crippen molar-refractivity contribution < 1.29 is 14.2 Å². The van der Waals surface area contributed by atoms with Crippen molar-refractivity contribution in [2.24, 2.45) is 5.92 Å². The molecule has 2 atom stereocenters. The summed E-state index contributed by atoms with van der Waals surface area (Å²) < 4.78 is 18.4. The van der Waals surface area contributed by atoms with Gasteiger partial charge in [-0.15, -0.1) is 0 Å². The first-order chi connectivity index (χ1) is 9.56. The van der Waals surface area contributed by atoms with E-state index in [9.17, 15) is 9.50 Å². The van der Waals surface area contributed by atoms with E-state index in [4.69, 9.17) is 4.74 Å². The fraction of sp³-hybridized carbons (Fsp3) is 0.625. The van der Waals surface area contributed by atoms with Gasteiger partial charge in [0.2, 0.25) is 0 Å². The minimum Gasteiger partial charge on any atom is -0.389 e. The number of hydrogen-bond donors (Lipinski definition) is 2. The second kappa shape index (κ2) is 7.16. The molecular weight excluding hydrogens is 257 g/mol. The summed E-state index contributed by atoms with van der Waals surface area (Å²) >= 11 is 0. The Kier molecular flexibility index (Phi) is 5.52.